The van der Waals surface area contributed by atoms with Crippen LogP contribution >= 0.6 is 0 Å². The minimum absolute atomic E-state index is 0.164. The SMILES string of the molecule is NC(=O)c1cc(CCNC(=O)[C@@H](N)CC2=CCCC=C2)ccc1OCC1CCCCC1. The van der Waals surface area contributed by atoms with Gasteiger partial charge in [0.2, 0.25) is 5.91 Å². The molecule has 0 heterocycles. The van der Waals surface area contributed by atoms with E-state index in [1.165, 1.54) is 32.1 Å². The van der Waals surface area contributed by atoms with Gasteiger partial charge in [-0.05, 0) is 62.1 Å². The fourth-order valence-electron chi connectivity index (χ4n) is 4.24. The first kappa shape index (κ1) is 23.1. The number of carbonyl (C=O) groups is 2. The molecule has 6 nitrogen and oxygen atoms in total. The number of rotatable bonds is 10. The van der Waals surface area contributed by atoms with Crippen molar-refractivity contribution in [2.75, 3.05) is 13.2 Å². The first-order valence-electron chi connectivity index (χ1n) is 11.5. The van der Waals surface area contributed by atoms with Crippen LogP contribution in [0.4, 0.5) is 0 Å². The third-order valence-corrected chi connectivity index (χ3v) is 6.09. The minimum atomic E-state index is -0.564. The Balaban J connectivity index is 1.48. The molecule has 0 radical (unpaired) electrons. The molecule has 1 fully saturated rings. The van der Waals surface area contributed by atoms with Crippen LogP contribution in [0.25, 0.3) is 0 Å². The van der Waals surface area contributed by atoms with E-state index < -0.39 is 11.9 Å². The summed E-state index contributed by atoms with van der Waals surface area (Å²) in [5, 5.41) is 2.89. The highest BCUT2D eigenvalue weighted by atomic mass is 16.5. The molecule has 6 heteroatoms. The van der Waals surface area contributed by atoms with Crippen molar-refractivity contribution in [3.63, 3.8) is 0 Å². The molecular formula is C25H35N3O3. The Morgan fingerprint density at radius 1 is 1.16 bits per heavy atom. The second kappa shape index (κ2) is 11.7. The summed E-state index contributed by atoms with van der Waals surface area (Å²) in [4.78, 5) is 24.2. The Bertz CT molecular complexity index is 825. The lowest BCUT2D eigenvalue weighted by molar-refractivity contribution is -0.122. The molecule has 0 bridgehead atoms. The van der Waals surface area contributed by atoms with E-state index in [9.17, 15) is 9.59 Å². The predicted octanol–water partition coefficient (Wildman–Crippen LogP) is 3.40. The van der Waals surface area contributed by atoms with Crippen LogP contribution in [0.3, 0.4) is 0 Å². The Kier molecular flexibility index (Phi) is 8.71. The Hall–Kier alpha value is -2.60. The Morgan fingerprint density at radius 2 is 1.97 bits per heavy atom. The summed E-state index contributed by atoms with van der Waals surface area (Å²) < 4.78 is 5.94. The number of carbonyl (C=O) groups excluding carboxylic acids is 2. The molecule has 2 amide bonds. The van der Waals surface area contributed by atoms with E-state index in [0.29, 0.717) is 43.2 Å². The maximum atomic E-state index is 12.3. The van der Waals surface area contributed by atoms with Crippen LogP contribution in [-0.2, 0) is 11.2 Å². The van der Waals surface area contributed by atoms with Gasteiger partial charge in [0, 0.05) is 6.54 Å². The van der Waals surface area contributed by atoms with Crippen LogP contribution in [0.2, 0.25) is 0 Å². The lowest BCUT2D eigenvalue weighted by Crippen LogP contribution is -2.41. The second-order valence-electron chi connectivity index (χ2n) is 8.62. The first-order chi connectivity index (χ1) is 15.0. The summed E-state index contributed by atoms with van der Waals surface area (Å²) in [5.74, 6) is 0.429. The maximum absolute atomic E-state index is 12.3. The van der Waals surface area contributed by atoms with Crippen molar-refractivity contribution in [3.05, 3.63) is 53.1 Å². The molecule has 0 aromatic heterocycles. The molecule has 1 atom stereocenters. The van der Waals surface area contributed by atoms with Gasteiger partial charge in [0.25, 0.3) is 5.91 Å². The third-order valence-electron chi connectivity index (χ3n) is 6.09. The van der Waals surface area contributed by atoms with Crippen molar-refractivity contribution in [1.29, 1.82) is 0 Å². The molecule has 2 aliphatic carbocycles. The van der Waals surface area contributed by atoms with Gasteiger partial charge in [-0.25, -0.2) is 0 Å². The summed E-state index contributed by atoms with van der Waals surface area (Å²) in [5.41, 5.74) is 14.1. The highest BCUT2D eigenvalue weighted by molar-refractivity contribution is 5.95. The van der Waals surface area contributed by atoms with Crippen LogP contribution in [-0.4, -0.2) is 31.0 Å². The van der Waals surface area contributed by atoms with Gasteiger partial charge in [-0.2, -0.15) is 0 Å². The van der Waals surface area contributed by atoms with Gasteiger partial charge >= 0.3 is 0 Å². The van der Waals surface area contributed by atoms with Gasteiger partial charge in [-0.15, -0.1) is 0 Å². The molecule has 1 aromatic carbocycles. The number of hydrogen-bond donors (Lipinski definition) is 3. The number of nitrogens with two attached hydrogens (primary N) is 2. The molecule has 0 spiro atoms. The van der Waals surface area contributed by atoms with Gasteiger partial charge in [0.15, 0.2) is 0 Å². The highest BCUT2D eigenvalue weighted by Crippen LogP contribution is 2.26. The first-order valence-corrected chi connectivity index (χ1v) is 11.5. The molecule has 2 aliphatic rings. The van der Waals surface area contributed by atoms with Crippen LogP contribution in [0.5, 0.6) is 5.75 Å². The Labute approximate surface area is 185 Å². The number of ether oxygens (including phenoxy) is 1. The van der Waals surface area contributed by atoms with E-state index in [1.54, 1.807) is 6.07 Å². The zero-order chi connectivity index (χ0) is 22.1. The second-order valence-corrected chi connectivity index (χ2v) is 8.62. The number of nitrogens with one attached hydrogen (secondary N) is 1. The zero-order valence-electron chi connectivity index (χ0n) is 18.3. The van der Waals surface area contributed by atoms with Crippen molar-refractivity contribution in [2.24, 2.45) is 17.4 Å². The fourth-order valence-corrected chi connectivity index (χ4v) is 4.24. The van der Waals surface area contributed by atoms with E-state index >= 15 is 0 Å². The number of primary amides is 1. The van der Waals surface area contributed by atoms with Gasteiger partial charge in [0.05, 0.1) is 18.2 Å². The molecule has 0 aliphatic heterocycles. The molecule has 1 saturated carbocycles. The molecule has 168 valence electrons. The van der Waals surface area contributed by atoms with Gasteiger partial charge in [-0.3, -0.25) is 9.59 Å². The molecule has 1 aromatic rings. The third kappa shape index (κ3) is 7.24. The van der Waals surface area contributed by atoms with Crippen LogP contribution < -0.4 is 21.5 Å². The average Bonchev–Trinajstić information content (AvgIpc) is 2.79. The molecule has 5 N–H and O–H groups in total. The number of amides is 2. The highest BCUT2D eigenvalue weighted by Gasteiger charge is 2.17. The quantitative estimate of drug-likeness (QED) is 0.534. The van der Waals surface area contributed by atoms with E-state index in [2.05, 4.69) is 17.5 Å². The van der Waals surface area contributed by atoms with Gasteiger partial charge in [-0.1, -0.05) is 49.1 Å². The summed E-state index contributed by atoms with van der Waals surface area (Å²) >= 11 is 0. The molecule has 0 unspecified atom stereocenters. The number of allylic oxidation sites excluding steroid dienone is 3. The average molecular weight is 426 g/mol. The largest absolute Gasteiger partial charge is 0.492 e. The minimum Gasteiger partial charge on any atom is -0.492 e. The maximum Gasteiger partial charge on any atom is 0.252 e. The lowest BCUT2D eigenvalue weighted by Gasteiger charge is -2.22. The van der Waals surface area contributed by atoms with E-state index in [1.807, 2.05) is 18.2 Å². The number of hydrogen-bond acceptors (Lipinski definition) is 4. The summed E-state index contributed by atoms with van der Waals surface area (Å²) in [7, 11) is 0. The molecule has 3 rings (SSSR count). The normalized spacial score (nSPS) is 17.6. The van der Waals surface area contributed by atoms with Crippen molar-refractivity contribution in [3.8, 4) is 5.75 Å². The van der Waals surface area contributed by atoms with Crippen molar-refractivity contribution in [1.82, 2.24) is 5.32 Å². The molecule has 0 saturated heterocycles. The van der Waals surface area contributed by atoms with Crippen molar-refractivity contribution in [2.45, 2.75) is 63.8 Å². The monoisotopic (exact) mass is 425 g/mol. The van der Waals surface area contributed by atoms with E-state index in [-0.39, 0.29) is 5.91 Å². The fraction of sp³-hybridized carbons (Fsp3) is 0.520. The predicted molar refractivity (Wildman–Crippen MR) is 123 cm³/mol. The Morgan fingerprint density at radius 3 is 2.68 bits per heavy atom. The summed E-state index contributed by atoms with van der Waals surface area (Å²) in [6, 6.07) is 4.94. The standard InChI is InChI=1S/C25H35N3O3/c26-22(16-18-7-3-1-4-8-18)25(30)28-14-13-19-11-12-23(21(15-19)24(27)29)31-17-20-9-5-2-6-10-20/h3,7-8,11-12,15,20,22H,1-2,4-6,9-10,13-14,16-17,26H2,(H2,27,29)(H,28,30)/t22-/m0/s1. The topological polar surface area (TPSA) is 107 Å². The molecular weight excluding hydrogens is 390 g/mol. The lowest BCUT2D eigenvalue weighted by atomic mass is 9.90. The van der Waals surface area contributed by atoms with E-state index in [0.717, 1.165) is 24.0 Å². The summed E-state index contributed by atoms with van der Waals surface area (Å²) in [6.45, 7) is 1.07. The van der Waals surface area contributed by atoms with Crippen molar-refractivity contribution < 1.29 is 14.3 Å². The van der Waals surface area contributed by atoms with Crippen LogP contribution in [0.1, 0.15) is 67.3 Å². The summed E-state index contributed by atoms with van der Waals surface area (Å²) in [6.07, 6.45) is 15.6. The molecule has 31 heavy (non-hydrogen) atoms. The van der Waals surface area contributed by atoms with Crippen LogP contribution in [0.15, 0.2) is 42.0 Å². The van der Waals surface area contributed by atoms with Gasteiger partial charge in [0.1, 0.15) is 5.75 Å². The van der Waals surface area contributed by atoms with Crippen molar-refractivity contribution >= 4 is 11.8 Å². The van der Waals surface area contributed by atoms with E-state index in [4.69, 9.17) is 16.2 Å². The van der Waals surface area contributed by atoms with Crippen LogP contribution in [0, 0.1) is 5.92 Å². The van der Waals surface area contributed by atoms with Gasteiger partial charge < -0.3 is 21.5 Å². The zero-order valence-corrected chi connectivity index (χ0v) is 18.3. The smallest absolute Gasteiger partial charge is 0.252 e. The number of benzene rings is 1.